The summed E-state index contributed by atoms with van der Waals surface area (Å²) in [5.41, 5.74) is 0. The second-order valence-corrected chi connectivity index (χ2v) is 6.65. The largest absolute Gasteiger partial charge is 0.378 e. The molecule has 0 amide bonds. The van der Waals surface area contributed by atoms with E-state index in [0.29, 0.717) is 6.10 Å². The number of likely N-dealkylation sites (tertiary alicyclic amines) is 1. The summed E-state index contributed by atoms with van der Waals surface area (Å²) in [6, 6.07) is 0. The molecule has 1 heterocycles. The van der Waals surface area contributed by atoms with Gasteiger partial charge in [-0.05, 0) is 38.0 Å². The highest BCUT2D eigenvalue weighted by Gasteiger charge is 2.19. The summed E-state index contributed by atoms with van der Waals surface area (Å²) in [4.78, 5) is 6.82. The molecule has 2 rings (SSSR count). The van der Waals surface area contributed by atoms with E-state index < -0.39 is 0 Å². The summed E-state index contributed by atoms with van der Waals surface area (Å²) < 4.78 is 5.97. The average Bonchev–Trinajstić information content (AvgIpc) is 2.52. The summed E-state index contributed by atoms with van der Waals surface area (Å²) in [5, 5.41) is 3.49. The van der Waals surface area contributed by atoms with Gasteiger partial charge < -0.3 is 15.0 Å². The highest BCUT2D eigenvalue weighted by Crippen LogP contribution is 2.20. The maximum atomic E-state index is 5.97. The Balaban J connectivity index is 0.00000242. The normalized spacial score (nSPS) is 24.0. The first-order valence-corrected chi connectivity index (χ1v) is 8.87. The first kappa shape index (κ1) is 20.0. The van der Waals surface area contributed by atoms with Gasteiger partial charge in [-0.25, -0.2) is 0 Å². The van der Waals surface area contributed by atoms with E-state index in [1.54, 1.807) is 0 Å². The van der Waals surface area contributed by atoms with Crippen LogP contribution in [0.2, 0.25) is 0 Å². The fraction of sp³-hybridized carbons (Fsp3) is 0.941. The van der Waals surface area contributed by atoms with Crippen molar-refractivity contribution < 1.29 is 4.74 Å². The molecule has 1 atom stereocenters. The van der Waals surface area contributed by atoms with Gasteiger partial charge in [-0.15, -0.1) is 24.0 Å². The molecule has 0 aromatic rings. The van der Waals surface area contributed by atoms with Gasteiger partial charge in [0, 0.05) is 33.3 Å². The molecule has 2 fully saturated rings. The minimum absolute atomic E-state index is 0. The van der Waals surface area contributed by atoms with Crippen LogP contribution in [0.4, 0.5) is 0 Å². The molecule has 1 aliphatic carbocycles. The predicted octanol–water partition coefficient (Wildman–Crippen LogP) is 3.65. The molecule has 4 nitrogen and oxygen atoms in total. The van der Waals surface area contributed by atoms with Gasteiger partial charge in [0.25, 0.3) is 0 Å². The van der Waals surface area contributed by atoms with Gasteiger partial charge in [-0.3, -0.25) is 4.99 Å². The molecule has 0 spiro atoms. The monoisotopic (exact) mass is 423 g/mol. The van der Waals surface area contributed by atoms with Crippen LogP contribution in [-0.2, 0) is 4.74 Å². The van der Waals surface area contributed by atoms with Gasteiger partial charge in [-0.2, -0.15) is 0 Å². The third-order valence-electron chi connectivity index (χ3n) is 4.68. The zero-order chi connectivity index (χ0) is 14.9. The first-order chi connectivity index (χ1) is 10.3. The summed E-state index contributed by atoms with van der Waals surface area (Å²) >= 11 is 0. The van der Waals surface area contributed by atoms with Gasteiger partial charge in [0.15, 0.2) is 5.96 Å². The Kier molecular flexibility index (Phi) is 10.4. The summed E-state index contributed by atoms with van der Waals surface area (Å²) in [7, 11) is 1.89. The lowest BCUT2D eigenvalue weighted by molar-refractivity contribution is 0.0276. The molecule has 0 aromatic heterocycles. The van der Waals surface area contributed by atoms with Crippen molar-refractivity contribution in [1.82, 2.24) is 10.2 Å². The second-order valence-electron chi connectivity index (χ2n) is 6.65. The van der Waals surface area contributed by atoms with Crippen molar-refractivity contribution in [1.29, 1.82) is 0 Å². The fourth-order valence-electron chi connectivity index (χ4n) is 3.47. The molecule has 1 N–H and O–H groups in total. The van der Waals surface area contributed by atoms with Gasteiger partial charge in [0.1, 0.15) is 0 Å². The number of rotatable bonds is 5. The topological polar surface area (TPSA) is 36.9 Å². The summed E-state index contributed by atoms with van der Waals surface area (Å²) in [5.74, 6) is 1.85. The molecule has 2 aliphatic rings. The van der Waals surface area contributed by atoms with Crippen LogP contribution in [0.15, 0.2) is 4.99 Å². The van der Waals surface area contributed by atoms with Crippen LogP contribution >= 0.6 is 24.0 Å². The number of aliphatic imine (C=N–C) groups is 1. The number of nitrogens with one attached hydrogen (secondary N) is 1. The zero-order valence-corrected chi connectivity index (χ0v) is 16.7. The number of piperidine rings is 1. The number of guanidine groups is 1. The molecule has 5 heteroatoms. The summed E-state index contributed by atoms with van der Waals surface area (Å²) in [6.45, 7) is 6.45. The van der Waals surface area contributed by atoms with E-state index in [-0.39, 0.29) is 24.0 Å². The standard InChI is InChI=1S/C17H33N3O.HI/c1-15-8-6-12-20(14-15)17(18-2)19-11-7-13-21-16-9-4-3-5-10-16;/h15-16H,3-14H2,1-2H3,(H,18,19);1H. The maximum Gasteiger partial charge on any atom is 0.193 e. The van der Waals surface area contributed by atoms with E-state index in [9.17, 15) is 0 Å². The van der Waals surface area contributed by atoms with Crippen molar-refractivity contribution in [2.24, 2.45) is 10.9 Å². The Hall–Kier alpha value is -0.0400. The lowest BCUT2D eigenvalue weighted by atomic mass is 9.98. The Bertz CT molecular complexity index is 319. The van der Waals surface area contributed by atoms with E-state index in [0.717, 1.165) is 44.5 Å². The van der Waals surface area contributed by atoms with Crippen LogP contribution in [0, 0.1) is 5.92 Å². The SMILES string of the molecule is CN=C(NCCCOC1CCCCC1)N1CCCC(C)C1.I. The molecule has 1 saturated heterocycles. The third kappa shape index (κ3) is 7.02. The Morgan fingerprint density at radius 1 is 1.18 bits per heavy atom. The van der Waals surface area contributed by atoms with Crippen LogP contribution in [0.5, 0.6) is 0 Å². The van der Waals surface area contributed by atoms with Crippen molar-refractivity contribution in [2.75, 3.05) is 33.3 Å². The van der Waals surface area contributed by atoms with Crippen molar-refractivity contribution in [3.8, 4) is 0 Å². The van der Waals surface area contributed by atoms with E-state index in [4.69, 9.17) is 4.74 Å². The molecule has 0 bridgehead atoms. The predicted molar refractivity (Wildman–Crippen MR) is 104 cm³/mol. The summed E-state index contributed by atoms with van der Waals surface area (Å²) in [6.07, 6.45) is 10.9. The highest BCUT2D eigenvalue weighted by molar-refractivity contribution is 14.0. The van der Waals surface area contributed by atoms with Crippen LogP contribution in [0.25, 0.3) is 0 Å². The van der Waals surface area contributed by atoms with Gasteiger partial charge in [-0.1, -0.05) is 26.2 Å². The maximum absolute atomic E-state index is 5.97. The third-order valence-corrected chi connectivity index (χ3v) is 4.68. The number of hydrogen-bond donors (Lipinski definition) is 1. The van der Waals surface area contributed by atoms with Crippen LogP contribution in [-0.4, -0.2) is 50.3 Å². The van der Waals surface area contributed by atoms with Crippen LogP contribution < -0.4 is 5.32 Å². The molecular weight excluding hydrogens is 389 g/mol. The highest BCUT2D eigenvalue weighted by atomic mass is 127. The minimum Gasteiger partial charge on any atom is -0.378 e. The van der Waals surface area contributed by atoms with E-state index in [1.807, 2.05) is 7.05 Å². The number of halogens is 1. The van der Waals surface area contributed by atoms with Crippen molar-refractivity contribution in [3.05, 3.63) is 0 Å². The van der Waals surface area contributed by atoms with Gasteiger partial charge in [0.05, 0.1) is 6.10 Å². The molecule has 0 radical (unpaired) electrons. The Labute approximate surface area is 153 Å². The van der Waals surface area contributed by atoms with Crippen LogP contribution in [0.3, 0.4) is 0 Å². The van der Waals surface area contributed by atoms with E-state index >= 15 is 0 Å². The number of hydrogen-bond acceptors (Lipinski definition) is 2. The smallest absolute Gasteiger partial charge is 0.193 e. The lowest BCUT2D eigenvalue weighted by Crippen LogP contribution is -2.46. The van der Waals surface area contributed by atoms with E-state index in [2.05, 4.69) is 22.1 Å². The fourth-order valence-corrected chi connectivity index (χ4v) is 3.47. The number of ether oxygens (including phenoxy) is 1. The minimum atomic E-state index is 0. The molecular formula is C17H34IN3O. The molecule has 1 saturated carbocycles. The average molecular weight is 423 g/mol. The van der Waals surface area contributed by atoms with Crippen molar-refractivity contribution in [3.63, 3.8) is 0 Å². The van der Waals surface area contributed by atoms with Crippen molar-refractivity contribution in [2.45, 2.75) is 64.4 Å². The van der Waals surface area contributed by atoms with E-state index in [1.165, 1.54) is 44.9 Å². The first-order valence-electron chi connectivity index (χ1n) is 8.87. The Morgan fingerprint density at radius 3 is 2.64 bits per heavy atom. The molecule has 1 unspecified atom stereocenters. The number of nitrogens with zero attached hydrogens (tertiary/aromatic N) is 2. The molecule has 22 heavy (non-hydrogen) atoms. The van der Waals surface area contributed by atoms with Crippen molar-refractivity contribution >= 4 is 29.9 Å². The zero-order valence-electron chi connectivity index (χ0n) is 14.4. The lowest BCUT2D eigenvalue weighted by Gasteiger charge is -2.33. The second kappa shape index (κ2) is 11.5. The van der Waals surface area contributed by atoms with Crippen LogP contribution in [0.1, 0.15) is 58.3 Å². The molecule has 0 aromatic carbocycles. The molecule has 130 valence electrons. The Morgan fingerprint density at radius 2 is 1.95 bits per heavy atom. The van der Waals surface area contributed by atoms with Gasteiger partial charge >= 0.3 is 0 Å². The van der Waals surface area contributed by atoms with Gasteiger partial charge in [0.2, 0.25) is 0 Å². The quantitative estimate of drug-likeness (QED) is 0.318. The molecule has 1 aliphatic heterocycles.